The molecule has 1 nitrogen and oxygen atoms in total. The summed E-state index contributed by atoms with van der Waals surface area (Å²) < 4.78 is 46.4. The molecule has 0 saturated heterocycles. The first-order valence-corrected chi connectivity index (χ1v) is 18.1. The molecule has 54 heavy (non-hydrogen) atoms. The molecule has 0 bridgehead atoms. The molecule has 0 aromatic heterocycles. The third kappa shape index (κ3) is 5.50. The molecule has 0 atom stereocenters. The molecule has 8 aromatic rings. The van der Waals surface area contributed by atoms with E-state index in [1.54, 1.807) is 24.3 Å². The summed E-state index contributed by atoms with van der Waals surface area (Å²) in [6.45, 7) is -1.02. The number of hydrogen-bond donors (Lipinski definition) is 0. The van der Waals surface area contributed by atoms with Crippen molar-refractivity contribution < 1.29 is 8.22 Å². The van der Waals surface area contributed by atoms with E-state index in [0.717, 1.165) is 44.9 Å². The number of benzene rings is 8. The van der Waals surface area contributed by atoms with E-state index < -0.39 is 18.5 Å². The number of anilines is 3. The van der Waals surface area contributed by atoms with Crippen molar-refractivity contribution in [3.05, 3.63) is 247 Å². The maximum Gasteiger partial charge on any atom is 0.0714 e. The minimum Gasteiger partial charge on any atom is -0.310 e. The highest BCUT2D eigenvalue weighted by Gasteiger charge is 2.47. The van der Waals surface area contributed by atoms with Crippen LogP contribution in [0.1, 0.15) is 41.6 Å². The Balaban J connectivity index is 1.22. The van der Waals surface area contributed by atoms with Gasteiger partial charge in [-0.15, -0.1) is 0 Å². The monoisotopic (exact) mass is 695 g/mol. The van der Waals surface area contributed by atoms with Gasteiger partial charge in [0.1, 0.15) is 0 Å². The van der Waals surface area contributed by atoms with Crippen LogP contribution in [0.5, 0.6) is 0 Å². The smallest absolute Gasteiger partial charge is 0.0714 e. The first-order valence-electron chi connectivity index (χ1n) is 21.1. The normalized spacial score (nSPS) is 13.8. The van der Waals surface area contributed by atoms with Crippen molar-refractivity contribution in [2.75, 3.05) is 4.90 Å². The fraction of sp³-hybridized carbons (Fsp3) is 0.0189. The van der Waals surface area contributed by atoms with Crippen molar-refractivity contribution in [1.82, 2.24) is 0 Å². The summed E-state index contributed by atoms with van der Waals surface area (Å²) in [5.74, 6) is 0. The summed E-state index contributed by atoms with van der Waals surface area (Å²) in [5, 5.41) is 0. The number of rotatable bonds is 9. The lowest BCUT2D eigenvalue weighted by molar-refractivity contribution is 0.768. The Labute approximate surface area is 326 Å². The van der Waals surface area contributed by atoms with Gasteiger partial charge in [-0.2, -0.15) is 0 Å². The van der Waals surface area contributed by atoms with Crippen LogP contribution in [-0.2, 0) is 5.41 Å². The molecule has 1 aliphatic carbocycles. The molecule has 0 spiro atoms. The molecule has 256 valence electrons. The zero-order chi connectivity index (χ0) is 41.4. The van der Waals surface area contributed by atoms with Gasteiger partial charge in [0.15, 0.2) is 0 Å². The molecule has 0 saturated carbocycles. The third-order valence-electron chi connectivity index (χ3n) is 10.7. The number of nitrogens with zero attached hydrogens (tertiary/aromatic N) is 1. The van der Waals surface area contributed by atoms with Gasteiger partial charge in [-0.05, 0) is 91.5 Å². The molecule has 9 rings (SSSR count). The zero-order valence-corrected chi connectivity index (χ0v) is 29.5. The van der Waals surface area contributed by atoms with Gasteiger partial charge in [0.2, 0.25) is 0 Å². The summed E-state index contributed by atoms with van der Waals surface area (Å²) in [6, 6.07) is 68.6. The fourth-order valence-corrected chi connectivity index (χ4v) is 8.19. The van der Waals surface area contributed by atoms with Gasteiger partial charge < -0.3 is 4.90 Å². The Morgan fingerprint density at radius 1 is 0.426 bits per heavy atom. The highest BCUT2D eigenvalue weighted by atomic mass is 15.1. The minimum absolute atomic E-state index is 0.109. The molecule has 0 fully saturated rings. The minimum atomic E-state index is -0.564. The van der Waals surface area contributed by atoms with Crippen LogP contribution in [0.15, 0.2) is 213 Å². The summed E-state index contributed by atoms with van der Waals surface area (Å²) in [7, 11) is 0. The Morgan fingerprint density at radius 2 is 0.852 bits per heavy atom. The Bertz CT molecular complexity index is 2730. The van der Waals surface area contributed by atoms with Gasteiger partial charge in [0.05, 0.1) is 19.3 Å². The summed E-state index contributed by atoms with van der Waals surface area (Å²) in [6.07, 6.45) is 0. The molecule has 0 radical (unpaired) electrons. The summed E-state index contributed by atoms with van der Waals surface area (Å²) >= 11 is 0. The van der Waals surface area contributed by atoms with E-state index in [1.165, 1.54) is 27.8 Å². The first kappa shape index (κ1) is 26.8. The van der Waals surface area contributed by atoms with E-state index >= 15 is 0 Å². The molecule has 8 aromatic carbocycles. The van der Waals surface area contributed by atoms with Crippen molar-refractivity contribution in [1.29, 1.82) is 0 Å². The lowest BCUT2D eigenvalue weighted by Gasteiger charge is -2.34. The highest BCUT2D eigenvalue weighted by Crippen LogP contribution is 2.59. The topological polar surface area (TPSA) is 3.24 Å². The third-order valence-corrected chi connectivity index (χ3v) is 10.7. The van der Waals surface area contributed by atoms with Crippen molar-refractivity contribution in [3.63, 3.8) is 0 Å². The van der Waals surface area contributed by atoms with Gasteiger partial charge in [-0.3, -0.25) is 0 Å². The predicted molar refractivity (Wildman–Crippen MR) is 229 cm³/mol. The second-order valence-corrected chi connectivity index (χ2v) is 13.6. The standard InChI is InChI=1S/C53H39N/c1-3-38-22-26-40(27-23-38)42-30-34-46(35-31-42)54(47-36-32-43(33-37-47)41-28-24-39(4-2)25-29-41)51-21-13-20-50-52(51)48-18-11-12-19-49(48)53(50,44-14-7-5-8-15-44)45-16-9-6-10-17-45/h3-37H,1-2H2/i1D2,2D2,3D,4D. The van der Waals surface area contributed by atoms with E-state index in [1.807, 2.05) is 24.3 Å². The van der Waals surface area contributed by atoms with Crippen LogP contribution in [0.25, 0.3) is 45.5 Å². The average Bonchev–Trinajstić information content (AvgIpc) is 3.61. The molecular formula is C53H39N. The van der Waals surface area contributed by atoms with Gasteiger partial charge in [-0.25, -0.2) is 0 Å². The maximum atomic E-state index is 8.08. The Morgan fingerprint density at radius 3 is 1.33 bits per heavy atom. The lowest BCUT2D eigenvalue weighted by atomic mass is 9.68. The van der Waals surface area contributed by atoms with Crippen LogP contribution in [0.2, 0.25) is 0 Å². The molecule has 0 aliphatic heterocycles. The SMILES string of the molecule is [2H]C([2H])=C([2H])c1ccc(-c2ccc(N(c3ccc(-c4ccc(C([2H])=C([2H])[2H])cc4)cc3)c3cccc4c3-c3ccccc3C4(c3ccccc3)c3ccccc3)cc2)cc1. The van der Waals surface area contributed by atoms with Gasteiger partial charge in [0.25, 0.3) is 0 Å². The highest BCUT2D eigenvalue weighted by molar-refractivity contribution is 5.97. The van der Waals surface area contributed by atoms with Gasteiger partial charge in [-0.1, -0.05) is 195 Å². The Kier molecular flexibility index (Phi) is 6.88. The zero-order valence-electron chi connectivity index (χ0n) is 35.5. The summed E-state index contributed by atoms with van der Waals surface area (Å²) in [5.41, 5.74) is 14.6. The van der Waals surface area contributed by atoms with E-state index in [2.05, 4.69) is 157 Å². The number of hydrogen-bond acceptors (Lipinski definition) is 1. The van der Waals surface area contributed by atoms with Crippen molar-refractivity contribution in [2.24, 2.45) is 0 Å². The van der Waals surface area contributed by atoms with Crippen LogP contribution in [0, 0.1) is 0 Å². The second-order valence-electron chi connectivity index (χ2n) is 13.6. The van der Waals surface area contributed by atoms with E-state index in [4.69, 9.17) is 8.22 Å². The predicted octanol–water partition coefficient (Wildman–Crippen LogP) is 14.1. The first-order chi connectivity index (χ1) is 29.3. The fourth-order valence-electron chi connectivity index (χ4n) is 8.19. The second kappa shape index (κ2) is 13.9. The maximum absolute atomic E-state index is 8.08. The number of fused-ring (bicyclic) bond motifs is 3. The van der Waals surface area contributed by atoms with E-state index in [0.29, 0.717) is 11.1 Å². The van der Waals surface area contributed by atoms with Crippen LogP contribution in [0.3, 0.4) is 0 Å². The van der Waals surface area contributed by atoms with Crippen molar-refractivity contribution in [2.45, 2.75) is 5.41 Å². The van der Waals surface area contributed by atoms with Crippen molar-refractivity contribution in [3.8, 4) is 33.4 Å². The van der Waals surface area contributed by atoms with E-state index in [9.17, 15) is 0 Å². The molecule has 0 unspecified atom stereocenters. The molecule has 0 amide bonds. The van der Waals surface area contributed by atoms with Crippen molar-refractivity contribution >= 4 is 29.2 Å². The molecular weight excluding hydrogens is 651 g/mol. The summed E-state index contributed by atoms with van der Waals surface area (Å²) in [4.78, 5) is 2.32. The molecule has 0 heterocycles. The lowest BCUT2D eigenvalue weighted by Crippen LogP contribution is -2.28. The average molecular weight is 696 g/mol. The van der Waals surface area contributed by atoms with E-state index in [-0.39, 0.29) is 12.1 Å². The largest absolute Gasteiger partial charge is 0.310 e. The van der Waals surface area contributed by atoms with Crippen LogP contribution in [0.4, 0.5) is 17.1 Å². The van der Waals surface area contributed by atoms with Crippen LogP contribution < -0.4 is 4.90 Å². The Hall–Kier alpha value is -6.96. The molecule has 0 N–H and O–H groups in total. The molecule has 1 aliphatic rings. The van der Waals surface area contributed by atoms with Gasteiger partial charge in [0, 0.05) is 16.9 Å². The van der Waals surface area contributed by atoms with Gasteiger partial charge >= 0.3 is 0 Å². The van der Waals surface area contributed by atoms with Crippen LogP contribution in [-0.4, -0.2) is 0 Å². The van der Waals surface area contributed by atoms with Crippen LogP contribution >= 0.6 is 0 Å². The quantitative estimate of drug-likeness (QED) is 0.145. The molecule has 1 heteroatoms.